The molecule has 0 amide bonds. The van der Waals surface area contributed by atoms with Crippen LogP contribution in [0.15, 0.2) is 24.3 Å². The zero-order valence-corrected chi connectivity index (χ0v) is 10.6. The van der Waals surface area contributed by atoms with Gasteiger partial charge in [-0.25, -0.2) is 4.79 Å². The Labute approximate surface area is 105 Å². The number of rotatable bonds is 4. The molecule has 1 aromatic carbocycles. The third kappa shape index (κ3) is 4.44. The highest BCUT2D eigenvalue weighted by Gasteiger charge is 2.07. The van der Waals surface area contributed by atoms with Crippen LogP contribution in [0.25, 0.3) is 6.08 Å². The van der Waals surface area contributed by atoms with Crippen molar-refractivity contribution in [3.8, 4) is 0 Å². The van der Waals surface area contributed by atoms with Crippen molar-refractivity contribution < 1.29 is 14.7 Å². The molecule has 90 valence electrons. The van der Waals surface area contributed by atoms with Crippen LogP contribution >= 0.6 is 11.8 Å². The van der Waals surface area contributed by atoms with Crippen molar-refractivity contribution in [3.63, 3.8) is 0 Å². The van der Waals surface area contributed by atoms with Crippen molar-refractivity contribution in [3.05, 3.63) is 41.0 Å². The molecule has 0 radical (unpaired) electrons. The first-order valence-corrected chi connectivity index (χ1v) is 6.13. The Morgan fingerprint density at radius 3 is 2.71 bits per heavy atom. The van der Waals surface area contributed by atoms with E-state index in [1.165, 1.54) is 18.7 Å². The van der Waals surface area contributed by atoms with Gasteiger partial charge in [-0.05, 0) is 18.6 Å². The third-order valence-corrected chi connectivity index (χ3v) is 2.88. The summed E-state index contributed by atoms with van der Waals surface area (Å²) in [5.41, 5.74) is 1.95. The van der Waals surface area contributed by atoms with Crippen molar-refractivity contribution in [2.45, 2.75) is 13.8 Å². The number of thioether (sulfide) groups is 1. The fourth-order valence-corrected chi connectivity index (χ4v) is 1.78. The molecule has 0 unspecified atom stereocenters. The van der Waals surface area contributed by atoms with Crippen molar-refractivity contribution in [2.24, 2.45) is 0 Å². The van der Waals surface area contributed by atoms with Gasteiger partial charge >= 0.3 is 5.97 Å². The average molecular weight is 250 g/mol. The molecule has 1 N–H and O–H groups in total. The number of carbonyl (C=O) groups excluding carboxylic acids is 1. The lowest BCUT2D eigenvalue weighted by Gasteiger charge is -2.02. The van der Waals surface area contributed by atoms with Crippen LogP contribution in [-0.2, 0) is 4.79 Å². The molecule has 0 aliphatic heterocycles. The lowest BCUT2D eigenvalue weighted by Crippen LogP contribution is -1.99. The Morgan fingerprint density at radius 2 is 2.12 bits per heavy atom. The minimum absolute atomic E-state index is 0.0531. The molecular formula is C13H14O3S. The molecule has 0 bridgehead atoms. The van der Waals surface area contributed by atoms with E-state index >= 15 is 0 Å². The average Bonchev–Trinajstić information content (AvgIpc) is 2.23. The van der Waals surface area contributed by atoms with Crippen LogP contribution in [0.4, 0.5) is 0 Å². The van der Waals surface area contributed by atoms with Gasteiger partial charge in [0.05, 0.1) is 5.56 Å². The van der Waals surface area contributed by atoms with E-state index in [0.717, 1.165) is 5.56 Å². The Bertz CT molecular complexity index is 464. The van der Waals surface area contributed by atoms with Gasteiger partial charge in [-0.3, -0.25) is 4.79 Å². The molecule has 0 aromatic heterocycles. The van der Waals surface area contributed by atoms with Gasteiger partial charge in [0.2, 0.25) is 0 Å². The van der Waals surface area contributed by atoms with E-state index in [1.54, 1.807) is 24.3 Å². The number of aryl methyl sites for hydroxylation is 1. The molecule has 1 aromatic rings. The van der Waals surface area contributed by atoms with E-state index in [-0.39, 0.29) is 10.7 Å². The second-order valence-electron chi connectivity index (χ2n) is 3.60. The van der Waals surface area contributed by atoms with Gasteiger partial charge in [0, 0.05) is 12.7 Å². The van der Waals surface area contributed by atoms with Gasteiger partial charge in [0.1, 0.15) is 0 Å². The van der Waals surface area contributed by atoms with Crippen LogP contribution in [0.2, 0.25) is 0 Å². The number of hydrogen-bond acceptors (Lipinski definition) is 3. The van der Waals surface area contributed by atoms with Gasteiger partial charge in [-0.2, -0.15) is 0 Å². The molecule has 4 heteroatoms. The molecule has 0 saturated carbocycles. The largest absolute Gasteiger partial charge is 0.478 e. The minimum Gasteiger partial charge on any atom is -0.478 e. The SMILES string of the molecule is CC(=O)SCC=Cc1cc(C)ccc1C(=O)O. The van der Waals surface area contributed by atoms with Gasteiger partial charge in [-0.1, -0.05) is 41.6 Å². The number of aromatic carboxylic acids is 1. The molecule has 1 rings (SSSR count). The quantitative estimate of drug-likeness (QED) is 0.892. The van der Waals surface area contributed by atoms with Gasteiger partial charge in [-0.15, -0.1) is 0 Å². The first kappa shape index (κ1) is 13.5. The van der Waals surface area contributed by atoms with E-state index in [9.17, 15) is 9.59 Å². The van der Waals surface area contributed by atoms with Crippen LogP contribution in [0.3, 0.4) is 0 Å². The van der Waals surface area contributed by atoms with Gasteiger partial charge < -0.3 is 5.11 Å². The first-order chi connectivity index (χ1) is 8.00. The Kier molecular flexibility index (Phi) is 4.97. The summed E-state index contributed by atoms with van der Waals surface area (Å²) in [6.07, 6.45) is 3.54. The van der Waals surface area contributed by atoms with Crippen LogP contribution < -0.4 is 0 Å². The van der Waals surface area contributed by atoms with Crippen molar-refractivity contribution in [1.29, 1.82) is 0 Å². The Morgan fingerprint density at radius 1 is 1.41 bits per heavy atom. The zero-order chi connectivity index (χ0) is 12.8. The Hall–Kier alpha value is -1.55. The highest BCUT2D eigenvalue weighted by molar-refractivity contribution is 8.13. The van der Waals surface area contributed by atoms with Crippen molar-refractivity contribution in [2.75, 3.05) is 5.75 Å². The Balaban J connectivity index is 2.85. The molecular weight excluding hydrogens is 236 g/mol. The summed E-state index contributed by atoms with van der Waals surface area (Å²) in [6, 6.07) is 5.18. The van der Waals surface area contributed by atoms with E-state index < -0.39 is 5.97 Å². The summed E-state index contributed by atoms with van der Waals surface area (Å²) in [4.78, 5) is 21.7. The number of carbonyl (C=O) groups is 2. The van der Waals surface area contributed by atoms with Crippen molar-refractivity contribution in [1.82, 2.24) is 0 Å². The van der Waals surface area contributed by atoms with E-state index in [2.05, 4.69) is 0 Å². The highest BCUT2D eigenvalue weighted by Crippen LogP contribution is 2.14. The maximum absolute atomic E-state index is 11.0. The minimum atomic E-state index is -0.941. The lowest BCUT2D eigenvalue weighted by molar-refractivity contribution is -0.109. The summed E-state index contributed by atoms with van der Waals surface area (Å²) >= 11 is 1.20. The molecule has 0 fully saturated rings. The molecule has 17 heavy (non-hydrogen) atoms. The number of carboxylic acids is 1. The lowest BCUT2D eigenvalue weighted by atomic mass is 10.0. The smallest absolute Gasteiger partial charge is 0.336 e. The monoisotopic (exact) mass is 250 g/mol. The van der Waals surface area contributed by atoms with Crippen molar-refractivity contribution >= 4 is 28.9 Å². The molecule has 0 spiro atoms. The fraction of sp³-hybridized carbons (Fsp3) is 0.231. The fourth-order valence-electron chi connectivity index (χ4n) is 1.36. The normalized spacial score (nSPS) is 10.7. The third-order valence-electron chi connectivity index (χ3n) is 2.12. The van der Waals surface area contributed by atoms with Crippen LogP contribution in [0.5, 0.6) is 0 Å². The molecule has 0 aliphatic rings. The molecule has 0 aliphatic carbocycles. The predicted octanol–water partition coefficient (Wildman–Crippen LogP) is 2.99. The molecule has 3 nitrogen and oxygen atoms in total. The number of hydrogen-bond donors (Lipinski definition) is 1. The molecule has 0 atom stereocenters. The van der Waals surface area contributed by atoms with E-state index in [0.29, 0.717) is 11.3 Å². The van der Waals surface area contributed by atoms with E-state index in [1.807, 2.05) is 13.0 Å². The second kappa shape index (κ2) is 6.25. The molecule has 0 saturated heterocycles. The second-order valence-corrected chi connectivity index (χ2v) is 4.80. The number of carboxylic acid groups (broad SMARTS) is 1. The van der Waals surface area contributed by atoms with Gasteiger partial charge in [0.15, 0.2) is 5.12 Å². The first-order valence-electron chi connectivity index (χ1n) is 5.14. The standard InChI is InChI=1S/C13H14O3S/c1-9-5-6-12(13(15)16)11(8-9)4-3-7-17-10(2)14/h3-6,8H,7H2,1-2H3,(H,15,16). The predicted molar refractivity (Wildman–Crippen MR) is 70.3 cm³/mol. The maximum atomic E-state index is 11.0. The summed E-state index contributed by atoms with van der Waals surface area (Å²) in [5, 5.41) is 9.06. The maximum Gasteiger partial charge on any atom is 0.336 e. The topological polar surface area (TPSA) is 54.4 Å². The zero-order valence-electron chi connectivity index (χ0n) is 9.77. The summed E-state index contributed by atoms with van der Waals surface area (Å²) < 4.78 is 0. The van der Waals surface area contributed by atoms with Crippen LogP contribution in [0.1, 0.15) is 28.4 Å². The summed E-state index contributed by atoms with van der Waals surface area (Å²) in [6.45, 7) is 3.42. The van der Waals surface area contributed by atoms with Gasteiger partial charge in [0.25, 0.3) is 0 Å². The van der Waals surface area contributed by atoms with Crippen LogP contribution in [0, 0.1) is 6.92 Å². The highest BCUT2D eigenvalue weighted by atomic mass is 32.2. The van der Waals surface area contributed by atoms with Crippen LogP contribution in [-0.4, -0.2) is 21.9 Å². The summed E-state index contributed by atoms with van der Waals surface area (Å²) in [5.74, 6) is -0.383. The molecule has 0 heterocycles. The van der Waals surface area contributed by atoms with E-state index in [4.69, 9.17) is 5.11 Å². The summed E-state index contributed by atoms with van der Waals surface area (Å²) in [7, 11) is 0. The number of benzene rings is 1.